The minimum atomic E-state index is -0.320. The monoisotopic (exact) mass is 560 g/mol. The Balaban J connectivity index is 1.63. The standard InChI is InChI=1S/C30H37ClN8O/c1-29(2)26(8-9-30(29,3)33)37-27-22(28(32)36-24-7-6-21(40)12-23(24)31)15-35-39-17-20(11-25(27)39)19-10-18(13-34-14-19)16-38(4)5/h6-7,10-15,17,26,37,40H,8-9,16,33H2,1-5H3,(H2,32,36)/t26-,30+/m1/s1. The van der Waals surface area contributed by atoms with Crippen molar-refractivity contribution in [3.05, 3.63) is 71.3 Å². The number of amidine groups is 1. The summed E-state index contributed by atoms with van der Waals surface area (Å²) in [5, 5.41) is 18.5. The molecule has 6 N–H and O–H groups in total. The lowest BCUT2D eigenvalue weighted by atomic mass is 9.75. The lowest BCUT2D eigenvalue weighted by molar-refractivity contribution is 0.215. The first kappa shape index (κ1) is 27.9. The van der Waals surface area contributed by atoms with Crippen LogP contribution in [0, 0.1) is 5.41 Å². The summed E-state index contributed by atoms with van der Waals surface area (Å²) in [6.45, 7) is 7.32. The first-order valence-corrected chi connectivity index (χ1v) is 13.7. The van der Waals surface area contributed by atoms with Crippen molar-refractivity contribution in [3.63, 3.8) is 0 Å². The number of aromatic hydroxyl groups is 1. The molecule has 1 fully saturated rings. The van der Waals surface area contributed by atoms with Gasteiger partial charge in [0, 0.05) is 59.3 Å². The van der Waals surface area contributed by atoms with Crippen LogP contribution in [0.1, 0.15) is 44.7 Å². The lowest BCUT2D eigenvalue weighted by Gasteiger charge is -2.39. The fourth-order valence-electron chi connectivity index (χ4n) is 5.39. The van der Waals surface area contributed by atoms with E-state index in [1.54, 1.807) is 12.3 Å². The lowest BCUT2D eigenvalue weighted by Crippen LogP contribution is -2.51. The van der Waals surface area contributed by atoms with Gasteiger partial charge in [0.05, 0.1) is 33.7 Å². The van der Waals surface area contributed by atoms with Gasteiger partial charge in [-0.1, -0.05) is 25.4 Å². The van der Waals surface area contributed by atoms with E-state index < -0.39 is 0 Å². The van der Waals surface area contributed by atoms with Crippen molar-refractivity contribution in [2.24, 2.45) is 21.9 Å². The molecule has 3 heterocycles. The molecule has 0 amide bonds. The van der Waals surface area contributed by atoms with Gasteiger partial charge in [-0.15, -0.1) is 0 Å². The van der Waals surface area contributed by atoms with E-state index in [0.717, 1.165) is 47.3 Å². The van der Waals surface area contributed by atoms with Gasteiger partial charge in [-0.25, -0.2) is 9.51 Å². The van der Waals surface area contributed by atoms with Gasteiger partial charge >= 0.3 is 0 Å². The minimum Gasteiger partial charge on any atom is -0.508 e. The second kappa shape index (κ2) is 10.4. The molecule has 0 unspecified atom stereocenters. The number of nitrogens with one attached hydrogen (secondary N) is 1. The molecule has 1 saturated carbocycles. The molecule has 0 saturated heterocycles. The fourth-order valence-corrected chi connectivity index (χ4v) is 5.60. The highest BCUT2D eigenvalue weighted by molar-refractivity contribution is 6.33. The number of phenolic OH excluding ortho intramolecular Hbond substituents is 1. The Morgan fingerprint density at radius 3 is 2.62 bits per heavy atom. The molecular weight excluding hydrogens is 524 g/mol. The summed E-state index contributed by atoms with van der Waals surface area (Å²) in [4.78, 5) is 11.2. The third kappa shape index (κ3) is 5.24. The van der Waals surface area contributed by atoms with E-state index >= 15 is 0 Å². The zero-order valence-corrected chi connectivity index (χ0v) is 24.4. The van der Waals surface area contributed by atoms with Crippen molar-refractivity contribution < 1.29 is 5.11 Å². The van der Waals surface area contributed by atoms with E-state index in [4.69, 9.17) is 23.1 Å². The van der Waals surface area contributed by atoms with Crippen molar-refractivity contribution in [3.8, 4) is 16.9 Å². The molecule has 1 aliphatic rings. The molecule has 1 aromatic carbocycles. The zero-order valence-electron chi connectivity index (χ0n) is 23.6. The van der Waals surface area contributed by atoms with Gasteiger partial charge in [0.1, 0.15) is 11.6 Å². The van der Waals surface area contributed by atoms with Gasteiger partial charge in [-0.2, -0.15) is 5.10 Å². The van der Waals surface area contributed by atoms with Crippen LogP contribution in [-0.4, -0.2) is 56.1 Å². The van der Waals surface area contributed by atoms with Gasteiger partial charge in [-0.05, 0) is 63.7 Å². The van der Waals surface area contributed by atoms with Crippen LogP contribution in [0.3, 0.4) is 0 Å². The van der Waals surface area contributed by atoms with Crippen LogP contribution < -0.4 is 16.8 Å². The summed E-state index contributed by atoms with van der Waals surface area (Å²) >= 11 is 6.34. The molecule has 4 aromatic rings. The van der Waals surface area contributed by atoms with Crippen molar-refractivity contribution >= 4 is 34.3 Å². The largest absolute Gasteiger partial charge is 0.508 e. The average Bonchev–Trinajstić information content (AvgIpc) is 3.40. The number of hydrogen-bond donors (Lipinski definition) is 4. The number of pyridine rings is 1. The molecule has 3 aromatic heterocycles. The average molecular weight is 561 g/mol. The van der Waals surface area contributed by atoms with Crippen molar-refractivity contribution in [2.45, 2.75) is 51.7 Å². The molecule has 0 spiro atoms. The van der Waals surface area contributed by atoms with Crippen LogP contribution in [0.2, 0.25) is 5.02 Å². The van der Waals surface area contributed by atoms with Crippen LogP contribution in [0.5, 0.6) is 5.75 Å². The Morgan fingerprint density at radius 1 is 1.18 bits per heavy atom. The summed E-state index contributed by atoms with van der Waals surface area (Å²) in [6.07, 6.45) is 9.29. The molecule has 2 atom stereocenters. The maximum atomic E-state index is 9.75. The van der Waals surface area contributed by atoms with Crippen LogP contribution >= 0.6 is 11.6 Å². The summed E-state index contributed by atoms with van der Waals surface area (Å²) < 4.78 is 1.85. The number of anilines is 1. The molecule has 40 heavy (non-hydrogen) atoms. The van der Waals surface area contributed by atoms with Crippen molar-refractivity contribution in [1.29, 1.82) is 0 Å². The molecule has 5 rings (SSSR count). The smallest absolute Gasteiger partial charge is 0.135 e. The number of phenols is 1. The molecule has 9 nitrogen and oxygen atoms in total. The van der Waals surface area contributed by atoms with E-state index in [2.05, 4.69) is 58.2 Å². The van der Waals surface area contributed by atoms with Crippen molar-refractivity contribution in [1.82, 2.24) is 19.5 Å². The summed E-state index contributed by atoms with van der Waals surface area (Å²) in [5.74, 6) is 0.319. The minimum absolute atomic E-state index is 0.0612. The molecular formula is C30H37ClN8O. The van der Waals surface area contributed by atoms with Gasteiger partial charge in [0.25, 0.3) is 0 Å². The Kier molecular flexibility index (Phi) is 7.24. The van der Waals surface area contributed by atoms with E-state index in [-0.39, 0.29) is 28.6 Å². The number of rotatable bonds is 7. The third-order valence-electron chi connectivity index (χ3n) is 8.33. The predicted octanol–water partition coefficient (Wildman–Crippen LogP) is 5.17. The molecule has 0 aliphatic heterocycles. The number of fused-ring (bicyclic) bond motifs is 1. The van der Waals surface area contributed by atoms with Gasteiger partial charge in [0.2, 0.25) is 0 Å². The number of nitrogens with zero attached hydrogens (tertiary/aromatic N) is 5. The summed E-state index contributed by atoms with van der Waals surface area (Å²) in [6, 6.07) is 8.94. The fraction of sp³-hybridized carbons (Fsp3) is 0.367. The number of halogens is 1. The Labute approximate surface area is 239 Å². The van der Waals surface area contributed by atoms with E-state index in [9.17, 15) is 5.11 Å². The zero-order chi connectivity index (χ0) is 28.8. The molecule has 210 valence electrons. The maximum Gasteiger partial charge on any atom is 0.135 e. The van der Waals surface area contributed by atoms with E-state index in [1.165, 1.54) is 12.1 Å². The Hall–Kier alpha value is -3.66. The van der Waals surface area contributed by atoms with Crippen LogP contribution in [0.4, 0.5) is 11.4 Å². The summed E-state index contributed by atoms with van der Waals surface area (Å²) in [7, 11) is 4.08. The van der Waals surface area contributed by atoms with E-state index in [1.807, 2.05) is 37.2 Å². The van der Waals surface area contributed by atoms with Crippen LogP contribution in [0.25, 0.3) is 16.6 Å². The Morgan fingerprint density at radius 2 is 1.95 bits per heavy atom. The maximum absolute atomic E-state index is 9.75. The predicted molar refractivity (Wildman–Crippen MR) is 162 cm³/mol. The highest BCUT2D eigenvalue weighted by Crippen LogP contribution is 2.46. The van der Waals surface area contributed by atoms with Gasteiger partial charge < -0.3 is 26.8 Å². The van der Waals surface area contributed by atoms with Crippen LogP contribution in [0.15, 0.2) is 60.1 Å². The second-order valence-corrected chi connectivity index (χ2v) is 12.2. The highest BCUT2D eigenvalue weighted by atomic mass is 35.5. The Bertz CT molecular complexity index is 1590. The normalized spacial score (nSPS) is 20.9. The van der Waals surface area contributed by atoms with E-state index in [0.29, 0.717) is 16.3 Å². The highest BCUT2D eigenvalue weighted by Gasteiger charge is 2.49. The number of aliphatic imine (C=N–C) groups is 1. The number of nitrogens with two attached hydrogens (primary N) is 2. The van der Waals surface area contributed by atoms with Crippen LogP contribution in [-0.2, 0) is 6.54 Å². The SMILES string of the molecule is CN(C)Cc1cncc(-c2cc3c(N[C@@H]4CC[C@](C)(N)C4(C)C)c(/C(N)=N/c4ccc(O)cc4Cl)cnn3c2)c1. The van der Waals surface area contributed by atoms with Gasteiger partial charge in [-0.3, -0.25) is 4.98 Å². The summed E-state index contributed by atoms with van der Waals surface area (Å²) in [5.41, 5.74) is 18.7. The molecule has 0 radical (unpaired) electrons. The number of benzene rings is 1. The first-order chi connectivity index (χ1) is 18.9. The second-order valence-electron chi connectivity index (χ2n) is 11.8. The van der Waals surface area contributed by atoms with Gasteiger partial charge in [0.15, 0.2) is 0 Å². The molecule has 1 aliphatic carbocycles. The third-order valence-corrected chi connectivity index (χ3v) is 8.63. The molecule has 0 bridgehead atoms. The van der Waals surface area contributed by atoms with Crippen molar-refractivity contribution in [2.75, 3.05) is 19.4 Å². The molecule has 10 heteroatoms. The topological polar surface area (TPSA) is 130 Å². The number of aromatic nitrogens is 3. The number of hydrogen-bond acceptors (Lipinski definition) is 7. The quantitative estimate of drug-likeness (QED) is 0.181. The first-order valence-electron chi connectivity index (χ1n) is 13.3.